The second-order valence-corrected chi connectivity index (χ2v) is 4.16. The van der Waals surface area contributed by atoms with Gasteiger partial charge in [0.1, 0.15) is 4.71 Å². The first kappa shape index (κ1) is 8.92. The van der Waals surface area contributed by atoms with Gasteiger partial charge in [-0.3, -0.25) is 0 Å². The van der Waals surface area contributed by atoms with E-state index in [0.717, 1.165) is 5.56 Å². The molecule has 0 saturated carbocycles. The summed E-state index contributed by atoms with van der Waals surface area (Å²) in [5, 5.41) is 2.39. The summed E-state index contributed by atoms with van der Waals surface area (Å²) in [5.74, 6) is 0. The minimum Gasteiger partial charge on any atom is -0.155 e. The minimum absolute atomic E-state index is 0.230. The predicted molar refractivity (Wildman–Crippen MR) is 61.5 cm³/mol. The molecule has 2 rings (SSSR count). The van der Waals surface area contributed by atoms with E-state index in [2.05, 4.69) is 30.8 Å². The molecular weight excluding hydrogens is 200 g/mol. The van der Waals surface area contributed by atoms with Crippen LogP contribution in [0.1, 0.15) is 10.3 Å². The molecule has 0 aliphatic carbocycles. The lowest BCUT2D eigenvalue weighted by Crippen LogP contribution is -1.83. The number of benzene rings is 2. The highest BCUT2D eigenvalue weighted by atomic mass is 35.5. The Bertz CT molecular complexity index is 418. The summed E-state index contributed by atoms with van der Waals surface area (Å²) in [7, 11) is 0. The molecule has 0 saturated heterocycles. The molecule has 66 valence electrons. The first-order chi connectivity index (χ1) is 6.29. The molecule has 0 aliphatic heterocycles. The van der Waals surface area contributed by atoms with Crippen LogP contribution in [0.15, 0.2) is 42.5 Å². The largest absolute Gasteiger partial charge is 0.155 e. The Kier molecular flexibility index (Phi) is 2.47. The van der Waals surface area contributed by atoms with Gasteiger partial charge in [0.25, 0.3) is 0 Å². The van der Waals surface area contributed by atoms with Crippen LogP contribution in [-0.2, 0) is 0 Å². The molecule has 2 heteroatoms. The van der Waals surface area contributed by atoms with Crippen molar-refractivity contribution in [3.63, 3.8) is 0 Å². The van der Waals surface area contributed by atoms with Crippen molar-refractivity contribution in [2.75, 3.05) is 0 Å². The second-order valence-electron chi connectivity index (χ2n) is 2.90. The molecule has 0 spiro atoms. The Hall–Kier alpha value is -0.660. The summed E-state index contributed by atoms with van der Waals surface area (Å²) < 4.78 is -0.230. The normalized spacial score (nSPS) is 13.1. The van der Waals surface area contributed by atoms with Gasteiger partial charge in [0.05, 0.1) is 0 Å². The van der Waals surface area contributed by atoms with Crippen LogP contribution in [0.5, 0.6) is 0 Å². The molecule has 0 N–H and O–H groups in total. The Balaban J connectivity index is 2.76. The Labute approximate surface area is 87.9 Å². The number of hydrogen-bond acceptors (Lipinski definition) is 1. The third-order valence-corrected chi connectivity index (χ3v) is 2.59. The molecule has 2 aromatic carbocycles. The maximum atomic E-state index is 5.95. The van der Waals surface area contributed by atoms with E-state index in [1.54, 1.807) is 0 Å². The van der Waals surface area contributed by atoms with Crippen LogP contribution >= 0.6 is 24.2 Å². The van der Waals surface area contributed by atoms with Crippen molar-refractivity contribution in [1.82, 2.24) is 0 Å². The van der Waals surface area contributed by atoms with Crippen molar-refractivity contribution in [1.29, 1.82) is 0 Å². The molecule has 2 aromatic rings. The molecule has 13 heavy (non-hydrogen) atoms. The third-order valence-electron chi connectivity index (χ3n) is 2.08. The molecule has 1 atom stereocenters. The Morgan fingerprint density at radius 2 is 1.69 bits per heavy atom. The Morgan fingerprint density at radius 3 is 2.46 bits per heavy atom. The summed E-state index contributed by atoms with van der Waals surface area (Å²) in [6.07, 6.45) is 0. The smallest absolute Gasteiger partial charge is 0.102 e. The monoisotopic (exact) mass is 208 g/mol. The molecule has 0 aromatic heterocycles. The fourth-order valence-corrected chi connectivity index (χ4v) is 1.87. The molecule has 0 amide bonds. The first-order valence-electron chi connectivity index (χ1n) is 4.09. The molecule has 0 aliphatic rings. The van der Waals surface area contributed by atoms with E-state index in [4.69, 9.17) is 11.6 Å². The van der Waals surface area contributed by atoms with E-state index >= 15 is 0 Å². The van der Waals surface area contributed by atoms with Crippen LogP contribution in [0.2, 0.25) is 0 Å². The first-order valence-corrected chi connectivity index (χ1v) is 5.04. The molecule has 0 nitrogen and oxygen atoms in total. The highest BCUT2D eigenvalue weighted by molar-refractivity contribution is 7.82. The lowest BCUT2D eigenvalue weighted by atomic mass is 10.1. The van der Waals surface area contributed by atoms with Crippen LogP contribution < -0.4 is 0 Å². The Morgan fingerprint density at radius 1 is 1.00 bits per heavy atom. The molecule has 0 fully saturated rings. The van der Waals surface area contributed by atoms with Crippen LogP contribution in [0, 0.1) is 0 Å². The topological polar surface area (TPSA) is 0 Å². The van der Waals surface area contributed by atoms with E-state index < -0.39 is 0 Å². The summed E-state index contributed by atoms with van der Waals surface area (Å²) >= 11 is 10.2. The standard InChI is InChI=1S/C11H9ClS/c12-11(13)10-7-3-5-8-4-1-2-6-9(8)10/h1-7,11,13H. The van der Waals surface area contributed by atoms with Crippen LogP contribution in [0.25, 0.3) is 10.8 Å². The fourth-order valence-electron chi connectivity index (χ4n) is 1.46. The third kappa shape index (κ3) is 1.67. The van der Waals surface area contributed by atoms with Crippen molar-refractivity contribution in [3.8, 4) is 0 Å². The average Bonchev–Trinajstić information content (AvgIpc) is 2.17. The minimum atomic E-state index is -0.230. The van der Waals surface area contributed by atoms with Gasteiger partial charge in [0.2, 0.25) is 0 Å². The number of alkyl halides is 1. The zero-order valence-electron chi connectivity index (χ0n) is 6.94. The summed E-state index contributed by atoms with van der Waals surface area (Å²) in [6.45, 7) is 0. The lowest BCUT2D eigenvalue weighted by molar-refractivity contribution is 1.42. The van der Waals surface area contributed by atoms with Crippen LogP contribution in [-0.4, -0.2) is 0 Å². The second kappa shape index (κ2) is 3.60. The van der Waals surface area contributed by atoms with Gasteiger partial charge in [0, 0.05) is 0 Å². The molecule has 0 radical (unpaired) electrons. The van der Waals surface area contributed by atoms with Gasteiger partial charge in [-0.15, -0.1) is 11.6 Å². The summed E-state index contributed by atoms with van der Waals surface area (Å²) in [6, 6.07) is 14.3. The van der Waals surface area contributed by atoms with Gasteiger partial charge in [-0.05, 0) is 16.3 Å². The quantitative estimate of drug-likeness (QED) is 0.532. The average molecular weight is 209 g/mol. The summed E-state index contributed by atoms with van der Waals surface area (Å²) in [4.78, 5) is 0. The number of rotatable bonds is 1. The number of fused-ring (bicyclic) bond motifs is 1. The van der Waals surface area contributed by atoms with E-state index in [-0.39, 0.29) is 4.71 Å². The van der Waals surface area contributed by atoms with Gasteiger partial charge >= 0.3 is 0 Å². The van der Waals surface area contributed by atoms with E-state index in [0.29, 0.717) is 0 Å². The number of thiol groups is 1. The van der Waals surface area contributed by atoms with Crippen molar-refractivity contribution in [2.24, 2.45) is 0 Å². The number of halogens is 1. The van der Waals surface area contributed by atoms with Crippen LogP contribution in [0.3, 0.4) is 0 Å². The van der Waals surface area contributed by atoms with Crippen molar-refractivity contribution >= 4 is 35.0 Å². The molecule has 0 bridgehead atoms. The van der Waals surface area contributed by atoms with Gasteiger partial charge in [-0.25, -0.2) is 0 Å². The SMILES string of the molecule is SC(Cl)c1cccc2ccccc12. The maximum Gasteiger partial charge on any atom is 0.102 e. The van der Waals surface area contributed by atoms with Gasteiger partial charge in [0.15, 0.2) is 0 Å². The zero-order chi connectivity index (χ0) is 9.26. The molecule has 1 unspecified atom stereocenters. The van der Waals surface area contributed by atoms with Crippen molar-refractivity contribution in [2.45, 2.75) is 4.71 Å². The molecular formula is C11H9ClS. The fraction of sp³-hybridized carbons (Fsp3) is 0.0909. The van der Waals surface area contributed by atoms with Gasteiger partial charge < -0.3 is 0 Å². The maximum absolute atomic E-state index is 5.95. The van der Waals surface area contributed by atoms with E-state index in [1.807, 2.05) is 24.3 Å². The highest BCUT2D eigenvalue weighted by Gasteiger charge is 2.05. The predicted octanol–water partition coefficient (Wildman–Crippen LogP) is 4.01. The van der Waals surface area contributed by atoms with Crippen LogP contribution in [0.4, 0.5) is 0 Å². The molecule has 0 heterocycles. The zero-order valence-corrected chi connectivity index (χ0v) is 8.59. The van der Waals surface area contributed by atoms with Gasteiger partial charge in [-0.2, -0.15) is 12.6 Å². The number of hydrogen-bond donors (Lipinski definition) is 1. The van der Waals surface area contributed by atoms with E-state index in [9.17, 15) is 0 Å². The van der Waals surface area contributed by atoms with E-state index in [1.165, 1.54) is 10.8 Å². The summed E-state index contributed by atoms with van der Waals surface area (Å²) in [5.41, 5.74) is 1.07. The highest BCUT2D eigenvalue weighted by Crippen LogP contribution is 2.30. The lowest BCUT2D eigenvalue weighted by Gasteiger charge is -2.06. The van der Waals surface area contributed by atoms with Gasteiger partial charge in [-0.1, -0.05) is 42.5 Å². The van der Waals surface area contributed by atoms with Crippen molar-refractivity contribution in [3.05, 3.63) is 48.0 Å². The van der Waals surface area contributed by atoms with Crippen molar-refractivity contribution < 1.29 is 0 Å².